The van der Waals surface area contributed by atoms with Gasteiger partial charge in [0.1, 0.15) is 22.6 Å². The van der Waals surface area contributed by atoms with E-state index in [9.17, 15) is 22.8 Å². The minimum atomic E-state index is -5.11. The van der Waals surface area contributed by atoms with Crippen molar-refractivity contribution in [2.45, 2.75) is 52.1 Å². The first kappa shape index (κ1) is 31.9. The second-order valence-electron chi connectivity index (χ2n) is 11.9. The second kappa shape index (κ2) is 12.1. The molecule has 1 saturated heterocycles. The van der Waals surface area contributed by atoms with E-state index in [1.54, 1.807) is 43.9 Å². The Morgan fingerprint density at radius 1 is 1.04 bits per heavy atom. The highest BCUT2D eigenvalue weighted by molar-refractivity contribution is 6.00. The number of piperazine rings is 1. The molecule has 9 nitrogen and oxygen atoms in total. The van der Waals surface area contributed by atoms with Crippen molar-refractivity contribution in [3.05, 3.63) is 82.9 Å². The molecular formula is C32H33F4N5O4. The van der Waals surface area contributed by atoms with Crippen LogP contribution in [0.15, 0.2) is 54.7 Å². The van der Waals surface area contributed by atoms with Gasteiger partial charge in [0.25, 0.3) is 5.91 Å². The predicted molar refractivity (Wildman–Crippen MR) is 157 cm³/mol. The van der Waals surface area contributed by atoms with E-state index in [-0.39, 0.29) is 23.7 Å². The van der Waals surface area contributed by atoms with Gasteiger partial charge >= 0.3 is 12.1 Å². The first-order valence-corrected chi connectivity index (χ1v) is 14.3. The van der Waals surface area contributed by atoms with Crippen LogP contribution in [0.1, 0.15) is 59.7 Å². The Morgan fingerprint density at radius 3 is 2.38 bits per heavy atom. The van der Waals surface area contributed by atoms with E-state index in [0.29, 0.717) is 35.5 Å². The lowest BCUT2D eigenvalue weighted by molar-refractivity contribution is -0.145. The van der Waals surface area contributed by atoms with Crippen molar-refractivity contribution in [2.24, 2.45) is 0 Å². The first-order chi connectivity index (χ1) is 21.2. The Kier molecular flexibility index (Phi) is 8.58. The smallest absolute Gasteiger partial charge is 0.436 e. The van der Waals surface area contributed by atoms with Crippen molar-refractivity contribution in [1.29, 1.82) is 0 Å². The summed E-state index contributed by atoms with van der Waals surface area (Å²) in [6, 6.07) is 12.6. The predicted octanol–water partition coefficient (Wildman–Crippen LogP) is 5.86. The maximum atomic E-state index is 15.4. The van der Waals surface area contributed by atoms with Crippen LogP contribution >= 0.6 is 0 Å². The SMILES string of the molecule is COc1ccc(-c2nc3c(C(=O)N4CCN(Cc5cccc(C(=O)OC(C)(C)C)c5)C[C@H]4C)cnn3c(C(F)(F)F)c2F)cc1. The summed E-state index contributed by atoms with van der Waals surface area (Å²) in [6.45, 7) is 8.97. The van der Waals surface area contributed by atoms with Gasteiger partial charge in [-0.2, -0.15) is 18.3 Å². The van der Waals surface area contributed by atoms with Gasteiger partial charge in [0.15, 0.2) is 17.2 Å². The third-order valence-corrected chi connectivity index (χ3v) is 7.39. The molecule has 2 aromatic heterocycles. The fraction of sp³-hybridized carbons (Fsp3) is 0.375. The number of alkyl halides is 3. The normalized spacial score (nSPS) is 16.2. The number of hydrogen-bond donors (Lipinski definition) is 0. The molecule has 13 heteroatoms. The van der Waals surface area contributed by atoms with E-state index >= 15 is 4.39 Å². The topological polar surface area (TPSA) is 89.3 Å². The summed E-state index contributed by atoms with van der Waals surface area (Å²) in [5, 5.41) is 3.74. The van der Waals surface area contributed by atoms with Gasteiger partial charge in [-0.15, -0.1) is 0 Å². The number of carbonyl (C=O) groups is 2. The van der Waals surface area contributed by atoms with Crippen molar-refractivity contribution >= 4 is 17.5 Å². The molecule has 4 aromatic rings. The van der Waals surface area contributed by atoms with E-state index in [1.807, 2.05) is 13.0 Å². The van der Waals surface area contributed by atoms with Crippen LogP contribution in [0.3, 0.4) is 0 Å². The van der Waals surface area contributed by atoms with Crippen molar-refractivity contribution in [3.8, 4) is 17.0 Å². The first-order valence-electron chi connectivity index (χ1n) is 14.3. The Bertz CT molecular complexity index is 1730. The standard InChI is InChI=1S/C32H33F4N5O4/c1-19-17-39(18-20-7-6-8-22(15-20)30(43)45-31(2,3)4)13-14-40(19)29(42)24-16-37-41-27(32(34,35)36)25(33)26(38-28(24)41)21-9-11-23(44-5)12-10-21/h6-12,15-16,19H,13-14,17-18H2,1-5H3/t19-/m1/s1. The number of carbonyl (C=O) groups excluding carboxylic acids is 2. The van der Waals surface area contributed by atoms with Gasteiger partial charge < -0.3 is 14.4 Å². The van der Waals surface area contributed by atoms with Crippen LogP contribution in [-0.2, 0) is 17.5 Å². The number of aromatic nitrogens is 3. The largest absolute Gasteiger partial charge is 0.497 e. The number of methoxy groups -OCH3 is 1. The number of rotatable bonds is 6. The molecule has 1 aliphatic rings. The molecule has 0 aliphatic carbocycles. The van der Waals surface area contributed by atoms with Crippen LogP contribution in [0.5, 0.6) is 5.75 Å². The minimum absolute atomic E-state index is 0.0821. The van der Waals surface area contributed by atoms with Gasteiger partial charge in [0, 0.05) is 37.8 Å². The fourth-order valence-corrected chi connectivity index (χ4v) is 5.33. The van der Waals surface area contributed by atoms with Gasteiger partial charge in [-0.05, 0) is 69.7 Å². The average molecular weight is 628 g/mol. The van der Waals surface area contributed by atoms with Crippen molar-refractivity contribution in [2.75, 3.05) is 26.7 Å². The summed E-state index contributed by atoms with van der Waals surface area (Å²) in [5.41, 5.74) is -1.98. The Balaban J connectivity index is 1.38. The van der Waals surface area contributed by atoms with E-state index in [1.165, 1.54) is 31.4 Å². The van der Waals surface area contributed by atoms with Crippen molar-refractivity contribution < 1.29 is 36.6 Å². The lowest BCUT2D eigenvalue weighted by atomic mass is 10.1. The quantitative estimate of drug-likeness (QED) is 0.195. The summed E-state index contributed by atoms with van der Waals surface area (Å²) >= 11 is 0. The number of fused-ring (bicyclic) bond motifs is 1. The lowest BCUT2D eigenvalue weighted by Gasteiger charge is -2.39. The van der Waals surface area contributed by atoms with Crippen molar-refractivity contribution in [3.63, 3.8) is 0 Å². The maximum Gasteiger partial charge on any atom is 0.436 e. The zero-order valence-corrected chi connectivity index (χ0v) is 25.5. The second-order valence-corrected chi connectivity index (χ2v) is 11.9. The Hall–Kier alpha value is -4.52. The number of nitrogens with zero attached hydrogens (tertiary/aromatic N) is 5. The molecule has 5 rings (SSSR count). The van der Waals surface area contributed by atoms with E-state index in [4.69, 9.17) is 9.47 Å². The molecule has 1 amide bonds. The molecule has 0 bridgehead atoms. The van der Waals surface area contributed by atoms with Crippen LogP contribution in [-0.4, -0.2) is 74.7 Å². The zero-order chi connectivity index (χ0) is 32.7. The molecule has 238 valence electrons. The fourth-order valence-electron chi connectivity index (χ4n) is 5.33. The van der Waals surface area contributed by atoms with Crippen LogP contribution in [0, 0.1) is 5.82 Å². The highest BCUT2D eigenvalue weighted by Gasteiger charge is 2.41. The summed E-state index contributed by atoms with van der Waals surface area (Å²) in [6.07, 6.45) is -4.11. The monoisotopic (exact) mass is 627 g/mol. The third kappa shape index (κ3) is 6.77. The Morgan fingerprint density at radius 2 is 1.76 bits per heavy atom. The lowest BCUT2D eigenvalue weighted by Crippen LogP contribution is -2.53. The molecule has 1 fully saturated rings. The summed E-state index contributed by atoms with van der Waals surface area (Å²) in [7, 11) is 1.43. The third-order valence-electron chi connectivity index (χ3n) is 7.39. The molecule has 0 N–H and O–H groups in total. The van der Waals surface area contributed by atoms with Gasteiger partial charge in [0.05, 0.1) is 18.9 Å². The number of esters is 1. The molecular weight excluding hydrogens is 594 g/mol. The van der Waals surface area contributed by atoms with E-state index in [2.05, 4.69) is 15.0 Å². The molecule has 1 atom stereocenters. The Labute approximate surface area is 257 Å². The van der Waals surface area contributed by atoms with Gasteiger partial charge in [0.2, 0.25) is 0 Å². The van der Waals surface area contributed by atoms with Crippen molar-refractivity contribution in [1.82, 2.24) is 24.4 Å². The number of benzene rings is 2. The average Bonchev–Trinajstić information content (AvgIpc) is 3.38. The highest BCUT2D eigenvalue weighted by atomic mass is 19.4. The van der Waals surface area contributed by atoms with Gasteiger partial charge in [-0.3, -0.25) is 9.69 Å². The summed E-state index contributed by atoms with van der Waals surface area (Å²) < 4.78 is 68.6. The molecule has 0 saturated carbocycles. The number of hydrogen-bond acceptors (Lipinski definition) is 7. The molecule has 2 aromatic carbocycles. The molecule has 45 heavy (non-hydrogen) atoms. The number of halogens is 4. The van der Waals surface area contributed by atoms with Crippen LogP contribution in [0.2, 0.25) is 0 Å². The zero-order valence-electron chi connectivity index (χ0n) is 25.5. The number of ether oxygens (including phenoxy) is 2. The van der Waals surface area contributed by atoms with Gasteiger partial charge in [-0.25, -0.2) is 18.7 Å². The molecule has 3 heterocycles. The molecule has 0 unspecified atom stereocenters. The number of amides is 1. The summed E-state index contributed by atoms with van der Waals surface area (Å²) in [4.78, 5) is 34.1. The van der Waals surface area contributed by atoms with E-state index < -0.39 is 46.5 Å². The van der Waals surface area contributed by atoms with E-state index in [0.717, 1.165) is 11.8 Å². The maximum absolute atomic E-state index is 15.4. The van der Waals surface area contributed by atoms with Crippen LogP contribution in [0.4, 0.5) is 17.6 Å². The van der Waals surface area contributed by atoms with Crippen LogP contribution < -0.4 is 4.74 Å². The molecule has 0 spiro atoms. The molecule has 0 radical (unpaired) electrons. The minimum Gasteiger partial charge on any atom is -0.497 e. The summed E-state index contributed by atoms with van der Waals surface area (Å²) in [5.74, 6) is -2.14. The highest BCUT2D eigenvalue weighted by Crippen LogP contribution is 2.36. The molecule has 1 aliphatic heterocycles. The van der Waals surface area contributed by atoms with Crippen LogP contribution in [0.25, 0.3) is 16.9 Å². The van der Waals surface area contributed by atoms with Gasteiger partial charge in [-0.1, -0.05) is 12.1 Å².